The SMILES string of the molecule is N=C(/C(Cc1ccc([SH](=O)=O)cc1)=C(/O)Nc1nc(C(=O)O)cs1)c1cccc(Br)c1. The van der Waals surface area contributed by atoms with Gasteiger partial charge in [-0.25, -0.2) is 18.2 Å². The molecular weight excluding hydrogens is 506 g/mol. The fourth-order valence-electron chi connectivity index (χ4n) is 2.65. The Morgan fingerprint density at radius 1 is 1.16 bits per heavy atom. The van der Waals surface area contributed by atoms with Gasteiger partial charge in [-0.15, -0.1) is 11.3 Å². The van der Waals surface area contributed by atoms with Gasteiger partial charge in [-0.2, -0.15) is 0 Å². The number of benzene rings is 2. The quantitative estimate of drug-likeness (QED) is 0.171. The van der Waals surface area contributed by atoms with Gasteiger partial charge in [0.2, 0.25) is 0 Å². The van der Waals surface area contributed by atoms with Crippen LogP contribution in [0.5, 0.6) is 0 Å². The van der Waals surface area contributed by atoms with Crippen LogP contribution >= 0.6 is 27.3 Å². The maximum absolute atomic E-state index is 11.1. The van der Waals surface area contributed by atoms with E-state index in [0.29, 0.717) is 11.1 Å². The molecule has 0 spiro atoms. The number of thiazole rings is 1. The van der Waals surface area contributed by atoms with Crippen LogP contribution in [0.2, 0.25) is 0 Å². The molecule has 3 aromatic rings. The molecule has 0 aliphatic heterocycles. The lowest BCUT2D eigenvalue weighted by Gasteiger charge is -2.14. The first kappa shape index (κ1) is 22.7. The van der Waals surface area contributed by atoms with Crippen LogP contribution in [0.25, 0.3) is 0 Å². The van der Waals surface area contributed by atoms with E-state index in [4.69, 9.17) is 10.5 Å². The third-order valence-electron chi connectivity index (χ3n) is 4.18. The third-order valence-corrected chi connectivity index (χ3v) is 6.15. The minimum absolute atomic E-state index is 0.0419. The highest BCUT2D eigenvalue weighted by atomic mass is 79.9. The standard InChI is InChI=1S/C20H16BrN3O5S2/c21-13-3-1-2-12(9-13)17(22)15(8-11-4-6-14(7-5-11)31(28)29)18(25)24-20-23-16(10-30-20)19(26)27/h1-7,9-10,22,25,31H,8H2,(H,23,24)(H,26,27)/b18-15+,22-17?. The van der Waals surface area contributed by atoms with Crippen molar-refractivity contribution in [2.24, 2.45) is 0 Å². The topological polar surface area (TPSA) is 140 Å². The summed E-state index contributed by atoms with van der Waals surface area (Å²) in [6.45, 7) is 0. The molecule has 0 unspecified atom stereocenters. The van der Waals surface area contributed by atoms with Gasteiger partial charge in [-0.3, -0.25) is 5.41 Å². The summed E-state index contributed by atoms with van der Waals surface area (Å²) in [6, 6.07) is 13.1. The number of carboxylic acids is 1. The zero-order chi connectivity index (χ0) is 22.5. The Bertz CT molecular complexity index is 1240. The minimum atomic E-state index is -2.71. The molecule has 160 valence electrons. The smallest absolute Gasteiger partial charge is 0.355 e. The van der Waals surface area contributed by atoms with Gasteiger partial charge in [-0.05, 0) is 29.8 Å². The van der Waals surface area contributed by atoms with Gasteiger partial charge in [0.15, 0.2) is 27.4 Å². The Labute approximate surface area is 191 Å². The van der Waals surface area contributed by atoms with E-state index in [0.717, 1.165) is 15.8 Å². The van der Waals surface area contributed by atoms with Crippen molar-refractivity contribution >= 4 is 54.8 Å². The molecule has 11 heteroatoms. The Hall–Kier alpha value is -3.02. The molecule has 0 fully saturated rings. The lowest BCUT2D eigenvalue weighted by atomic mass is 9.96. The highest BCUT2D eigenvalue weighted by Crippen LogP contribution is 2.23. The fraction of sp³-hybridized carbons (Fsp3) is 0.0500. The second-order valence-electron chi connectivity index (χ2n) is 6.28. The number of thiol groups is 1. The number of aromatic nitrogens is 1. The second-order valence-corrected chi connectivity index (χ2v) is 9.09. The van der Waals surface area contributed by atoms with Gasteiger partial charge in [0.25, 0.3) is 0 Å². The minimum Gasteiger partial charge on any atom is -0.494 e. The number of nitrogens with one attached hydrogen (secondary N) is 2. The number of aliphatic hydroxyl groups is 1. The highest BCUT2D eigenvalue weighted by molar-refractivity contribution is 9.10. The number of hydrogen-bond acceptors (Lipinski definition) is 8. The van der Waals surface area contributed by atoms with Crippen molar-refractivity contribution in [3.8, 4) is 0 Å². The van der Waals surface area contributed by atoms with E-state index in [1.54, 1.807) is 30.3 Å². The number of carboxylic acid groups (broad SMARTS) is 1. The normalized spacial score (nSPS) is 11.8. The van der Waals surface area contributed by atoms with Gasteiger partial charge in [0, 0.05) is 27.4 Å². The molecule has 31 heavy (non-hydrogen) atoms. The Morgan fingerprint density at radius 3 is 2.45 bits per heavy atom. The first-order valence-corrected chi connectivity index (χ1v) is 11.6. The van der Waals surface area contributed by atoms with Crippen molar-refractivity contribution in [3.63, 3.8) is 0 Å². The van der Waals surface area contributed by atoms with E-state index in [9.17, 15) is 18.3 Å². The Kier molecular flexibility index (Phi) is 7.21. The van der Waals surface area contributed by atoms with Crippen molar-refractivity contribution in [1.82, 2.24) is 4.98 Å². The number of anilines is 1. The van der Waals surface area contributed by atoms with Crippen LogP contribution in [0.4, 0.5) is 5.13 Å². The summed E-state index contributed by atoms with van der Waals surface area (Å²) in [5, 5.41) is 32.6. The van der Waals surface area contributed by atoms with Crippen LogP contribution < -0.4 is 5.32 Å². The van der Waals surface area contributed by atoms with Crippen molar-refractivity contribution < 1.29 is 23.4 Å². The van der Waals surface area contributed by atoms with E-state index in [-0.39, 0.29) is 39.3 Å². The first-order chi connectivity index (χ1) is 14.7. The molecule has 1 heterocycles. The molecular formula is C20H16BrN3O5S2. The summed E-state index contributed by atoms with van der Waals surface area (Å²) >= 11 is 4.37. The molecule has 0 atom stereocenters. The Balaban J connectivity index is 1.98. The van der Waals surface area contributed by atoms with Gasteiger partial charge in [0.1, 0.15) is 0 Å². The summed E-state index contributed by atoms with van der Waals surface area (Å²) < 4.78 is 23.0. The van der Waals surface area contributed by atoms with Gasteiger partial charge in [-0.1, -0.05) is 40.2 Å². The molecule has 0 aliphatic rings. The number of halogens is 1. The molecule has 0 aliphatic carbocycles. The molecule has 0 amide bonds. The summed E-state index contributed by atoms with van der Waals surface area (Å²) in [7, 11) is -2.71. The molecule has 4 N–H and O–H groups in total. The predicted octanol–water partition coefficient (Wildman–Crippen LogP) is 4.07. The van der Waals surface area contributed by atoms with Crippen LogP contribution in [0, 0.1) is 5.41 Å². The fourth-order valence-corrected chi connectivity index (χ4v) is 4.13. The largest absolute Gasteiger partial charge is 0.494 e. The number of rotatable bonds is 8. The maximum atomic E-state index is 11.1. The van der Waals surface area contributed by atoms with Crippen LogP contribution in [-0.2, 0) is 17.1 Å². The molecule has 1 aromatic heterocycles. The number of nitrogens with zero attached hydrogens (tertiary/aromatic N) is 1. The van der Waals surface area contributed by atoms with Crippen LogP contribution in [-0.4, -0.2) is 35.3 Å². The summed E-state index contributed by atoms with van der Waals surface area (Å²) in [6.07, 6.45) is 0.122. The molecule has 0 radical (unpaired) electrons. The number of allylic oxidation sites excluding steroid dienone is 1. The third kappa shape index (κ3) is 5.78. The lowest BCUT2D eigenvalue weighted by Crippen LogP contribution is -2.14. The predicted molar refractivity (Wildman–Crippen MR) is 122 cm³/mol. The average molecular weight is 522 g/mol. The van der Waals surface area contributed by atoms with Gasteiger partial charge < -0.3 is 15.5 Å². The maximum Gasteiger partial charge on any atom is 0.355 e. The number of aliphatic hydroxyl groups excluding tert-OH is 1. The summed E-state index contributed by atoms with van der Waals surface area (Å²) in [5.41, 5.74) is 1.33. The van der Waals surface area contributed by atoms with Gasteiger partial charge >= 0.3 is 5.97 Å². The van der Waals surface area contributed by atoms with Crippen molar-refractivity contribution in [3.05, 3.63) is 86.7 Å². The highest BCUT2D eigenvalue weighted by Gasteiger charge is 2.17. The average Bonchev–Trinajstić information content (AvgIpc) is 3.20. The summed E-state index contributed by atoms with van der Waals surface area (Å²) in [4.78, 5) is 15.1. The zero-order valence-electron chi connectivity index (χ0n) is 15.7. The van der Waals surface area contributed by atoms with Crippen molar-refractivity contribution in [2.75, 3.05) is 5.32 Å². The van der Waals surface area contributed by atoms with Crippen LogP contribution in [0.1, 0.15) is 21.6 Å². The molecule has 8 nitrogen and oxygen atoms in total. The van der Waals surface area contributed by atoms with Crippen LogP contribution in [0.3, 0.4) is 0 Å². The lowest BCUT2D eigenvalue weighted by molar-refractivity contribution is 0.0691. The molecule has 0 saturated carbocycles. The zero-order valence-corrected chi connectivity index (χ0v) is 19.0. The number of aromatic carboxylic acids is 1. The Morgan fingerprint density at radius 2 is 1.87 bits per heavy atom. The second kappa shape index (κ2) is 9.86. The van der Waals surface area contributed by atoms with E-state index in [1.165, 1.54) is 17.5 Å². The van der Waals surface area contributed by atoms with Crippen LogP contribution in [0.15, 0.2) is 74.7 Å². The van der Waals surface area contributed by atoms with E-state index in [2.05, 4.69) is 26.2 Å². The van der Waals surface area contributed by atoms with E-state index >= 15 is 0 Å². The number of carbonyl (C=O) groups is 1. The summed E-state index contributed by atoms with van der Waals surface area (Å²) in [5.74, 6) is -1.54. The first-order valence-electron chi connectivity index (χ1n) is 8.70. The van der Waals surface area contributed by atoms with Gasteiger partial charge in [0.05, 0.1) is 10.6 Å². The molecule has 2 aromatic carbocycles. The molecule has 0 saturated heterocycles. The van der Waals surface area contributed by atoms with Crippen molar-refractivity contribution in [2.45, 2.75) is 11.3 Å². The molecule has 0 bridgehead atoms. The monoisotopic (exact) mass is 521 g/mol. The van der Waals surface area contributed by atoms with Crippen molar-refractivity contribution in [1.29, 1.82) is 5.41 Å². The number of hydrogen-bond donors (Lipinski definition) is 5. The molecule has 3 rings (SSSR count). The van der Waals surface area contributed by atoms with E-state index in [1.807, 2.05) is 6.07 Å². The van der Waals surface area contributed by atoms with E-state index < -0.39 is 16.7 Å².